The Kier molecular flexibility index (Phi) is 5.28. The molecule has 0 spiro atoms. The second-order valence-corrected chi connectivity index (χ2v) is 10.3. The number of benzene rings is 3. The van der Waals surface area contributed by atoms with Crippen molar-refractivity contribution in [3.63, 3.8) is 0 Å². The lowest BCUT2D eigenvalue weighted by Gasteiger charge is -2.22. The van der Waals surface area contributed by atoms with E-state index in [0.29, 0.717) is 5.92 Å². The van der Waals surface area contributed by atoms with Gasteiger partial charge in [-0.15, -0.1) is 0 Å². The lowest BCUT2D eigenvalue weighted by atomic mass is 9.82. The van der Waals surface area contributed by atoms with E-state index in [2.05, 4.69) is 111 Å². The van der Waals surface area contributed by atoms with Crippen molar-refractivity contribution in [3.05, 3.63) is 84.4 Å². The van der Waals surface area contributed by atoms with Crippen LogP contribution in [0.25, 0.3) is 44.3 Å². The molecule has 0 aliphatic carbocycles. The van der Waals surface area contributed by atoms with E-state index < -0.39 is 0 Å². The molecular weight excluding hydrogens is 404 g/mol. The van der Waals surface area contributed by atoms with Crippen LogP contribution in [0.4, 0.5) is 0 Å². The molecule has 0 fully saturated rings. The molecule has 0 bridgehead atoms. The Morgan fingerprint density at radius 3 is 2.36 bits per heavy atom. The highest BCUT2D eigenvalue weighted by atomic mass is 16.3. The van der Waals surface area contributed by atoms with Crippen molar-refractivity contribution in [1.82, 2.24) is 9.97 Å². The third-order valence-electron chi connectivity index (χ3n) is 6.11. The zero-order valence-corrected chi connectivity index (χ0v) is 20.0. The van der Waals surface area contributed by atoms with Crippen LogP contribution in [0.2, 0.25) is 0 Å². The predicted octanol–water partition coefficient (Wildman–Crippen LogP) is 8.21. The molecule has 0 atom stereocenters. The summed E-state index contributed by atoms with van der Waals surface area (Å²) in [5.41, 5.74) is 6.15. The van der Waals surface area contributed by atoms with Crippen LogP contribution in [-0.4, -0.2) is 9.97 Å². The topological polar surface area (TPSA) is 38.9 Å². The summed E-state index contributed by atoms with van der Waals surface area (Å²) in [5.74, 6) is 1.57. The largest absolute Gasteiger partial charge is 0.460 e. The van der Waals surface area contributed by atoms with Crippen molar-refractivity contribution in [1.29, 1.82) is 0 Å². The highest BCUT2D eigenvalue weighted by Crippen LogP contribution is 2.36. The summed E-state index contributed by atoms with van der Waals surface area (Å²) in [5, 5.41) is 3.64. The van der Waals surface area contributed by atoms with Crippen LogP contribution in [0.1, 0.15) is 45.9 Å². The Morgan fingerprint density at radius 2 is 1.58 bits per heavy atom. The van der Waals surface area contributed by atoms with Crippen LogP contribution in [-0.2, 0) is 11.8 Å². The molecule has 0 aliphatic heterocycles. The zero-order chi connectivity index (χ0) is 23.2. The maximum Gasteiger partial charge on any atom is 0.143 e. The Balaban J connectivity index is 1.64. The van der Waals surface area contributed by atoms with Crippen LogP contribution in [0, 0.1) is 5.92 Å². The van der Waals surface area contributed by atoms with Crippen LogP contribution in [0.3, 0.4) is 0 Å². The smallest absolute Gasteiger partial charge is 0.143 e. The molecule has 0 saturated carbocycles. The van der Waals surface area contributed by atoms with Gasteiger partial charge in [-0.2, -0.15) is 0 Å². The molecule has 0 aliphatic rings. The van der Waals surface area contributed by atoms with Crippen molar-refractivity contribution in [2.24, 2.45) is 5.92 Å². The van der Waals surface area contributed by atoms with Crippen molar-refractivity contribution in [3.8, 4) is 22.5 Å². The Bertz CT molecular complexity index is 1450. The lowest BCUT2D eigenvalue weighted by Crippen LogP contribution is -2.12. The quantitative estimate of drug-likeness (QED) is 0.286. The monoisotopic (exact) mass is 434 g/mol. The van der Waals surface area contributed by atoms with Gasteiger partial charge in [0.1, 0.15) is 17.7 Å². The number of nitrogens with zero attached hydrogens (tertiary/aromatic N) is 2. The highest BCUT2D eigenvalue weighted by Gasteiger charge is 2.19. The molecule has 0 amide bonds. The number of fused-ring (bicyclic) bond motifs is 2. The van der Waals surface area contributed by atoms with Gasteiger partial charge in [-0.25, -0.2) is 9.97 Å². The number of furan rings is 1. The first-order chi connectivity index (χ1) is 15.8. The van der Waals surface area contributed by atoms with E-state index in [1.54, 1.807) is 6.33 Å². The molecule has 2 heterocycles. The van der Waals surface area contributed by atoms with Gasteiger partial charge in [0.25, 0.3) is 0 Å². The van der Waals surface area contributed by atoms with E-state index >= 15 is 0 Å². The third kappa shape index (κ3) is 4.16. The first-order valence-corrected chi connectivity index (χ1v) is 11.7. The summed E-state index contributed by atoms with van der Waals surface area (Å²) in [7, 11) is 0. The van der Waals surface area contributed by atoms with E-state index in [0.717, 1.165) is 45.7 Å². The Hall–Kier alpha value is -3.46. The molecule has 166 valence electrons. The van der Waals surface area contributed by atoms with Crippen molar-refractivity contribution >= 4 is 21.7 Å². The van der Waals surface area contributed by atoms with Crippen molar-refractivity contribution < 1.29 is 4.42 Å². The van der Waals surface area contributed by atoms with Gasteiger partial charge in [0.2, 0.25) is 0 Å². The number of aromatic nitrogens is 2. The molecular formula is C30H30N2O. The molecule has 0 saturated heterocycles. The zero-order valence-electron chi connectivity index (χ0n) is 20.0. The van der Waals surface area contributed by atoms with Gasteiger partial charge in [0, 0.05) is 22.9 Å². The maximum atomic E-state index is 6.27. The summed E-state index contributed by atoms with van der Waals surface area (Å²) in [6, 6.07) is 23.6. The van der Waals surface area contributed by atoms with Crippen molar-refractivity contribution in [2.75, 3.05) is 0 Å². The fraction of sp³-hybridized carbons (Fsp3) is 0.267. The van der Waals surface area contributed by atoms with Gasteiger partial charge in [-0.05, 0) is 58.0 Å². The van der Waals surface area contributed by atoms with Gasteiger partial charge in [0.15, 0.2) is 0 Å². The summed E-state index contributed by atoms with van der Waals surface area (Å²) in [6.45, 7) is 11.2. The molecule has 33 heavy (non-hydrogen) atoms. The molecule has 5 aromatic rings. The fourth-order valence-electron chi connectivity index (χ4n) is 4.56. The summed E-state index contributed by atoms with van der Waals surface area (Å²) < 4.78 is 6.27. The molecule has 3 aromatic carbocycles. The SMILES string of the molecule is CC(C)Cc1cc2cccc(-c3cc(-c4cc(C(C)(C)C)c5ccccc5c4)ncn3)c2o1. The summed E-state index contributed by atoms with van der Waals surface area (Å²) >= 11 is 0. The fourth-order valence-corrected chi connectivity index (χ4v) is 4.56. The van der Waals surface area contributed by atoms with E-state index in [4.69, 9.17) is 4.42 Å². The summed E-state index contributed by atoms with van der Waals surface area (Å²) in [4.78, 5) is 9.27. The van der Waals surface area contributed by atoms with Crippen LogP contribution in [0.15, 0.2) is 77.5 Å². The minimum Gasteiger partial charge on any atom is -0.460 e. The molecule has 0 N–H and O–H groups in total. The van der Waals surface area contributed by atoms with Crippen molar-refractivity contribution in [2.45, 2.75) is 46.5 Å². The summed E-state index contributed by atoms with van der Waals surface area (Å²) in [6.07, 6.45) is 2.59. The molecule has 0 radical (unpaired) electrons. The number of rotatable bonds is 4. The average molecular weight is 435 g/mol. The minimum absolute atomic E-state index is 0.0258. The number of para-hydroxylation sites is 1. The Labute approximate surface area is 195 Å². The third-order valence-corrected chi connectivity index (χ3v) is 6.11. The van der Waals surface area contributed by atoms with E-state index in [-0.39, 0.29) is 5.41 Å². The highest BCUT2D eigenvalue weighted by molar-refractivity contribution is 5.93. The van der Waals surface area contributed by atoms with E-state index in [1.807, 2.05) is 0 Å². The number of hydrogen-bond donors (Lipinski definition) is 0. The Morgan fingerprint density at radius 1 is 0.818 bits per heavy atom. The molecule has 3 heteroatoms. The second kappa shape index (κ2) is 8.15. The molecule has 5 rings (SSSR count). The minimum atomic E-state index is 0.0258. The average Bonchev–Trinajstić information content (AvgIpc) is 3.19. The standard InChI is InChI=1S/C30H30N2O/c1-19(2)13-23-15-21-10-8-12-25(29(21)33-23)28-17-27(31-18-32-28)22-14-20-9-6-7-11-24(20)26(16-22)30(3,4)5/h6-12,14-19H,13H2,1-5H3. The van der Waals surface area contributed by atoms with Gasteiger partial charge < -0.3 is 4.42 Å². The first kappa shape index (κ1) is 21.4. The lowest BCUT2D eigenvalue weighted by molar-refractivity contribution is 0.500. The predicted molar refractivity (Wildman–Crippen MR) is 137 cm³/mol. The van der Waals surface area contributed by atoms with Gasteiger partial charge in [-0.3, -0.25) is 0 Å². The number of hydrogen-bond acceptors (Lipinski definition) is 3. The van der Waals surface area contributed by atoms with Crippen LogP contribution >= 0.6 is 0 Å². The van der Waals surface area contributed by atoms with Crippen LogP contribution < -0.4 is 0 Å². The van der Waals surface area contributed by atoms with Gasteiger partial charge >= 0.3 is 0 Å². The van der Waals surface area contributed by atoms with E-state index in [9.17, 15) is 0 Å². The van der Waals surface area contributed by atoms with Gasteiger partial charge in [0.05, 0.1) is 11.4 Å². The molecule has 3 nitrogen and oxygen atoms in total. The van der Waals surface area contributed by atoms with E-state index in [1.165, 1.54) is 16.3 Å². The maximum absolute atomic E-state index is 6.27. The first-order valence-electron chi connectivity index (χ1n) is 11.7. The normalized spacial score (nSPS) is 12.2. The molecule has 0 unspecified atom stereocenters. The second-order valence-electron chi connectivity index (χ2n) is 10.3. The van der Waals surface area contributed by atoms with Crippen LogP contribution in [0.5, 0.6) is 0 Å². The van der Waals surface area contributed by atoms with Gasteiger partial charge in [-0.1, -0.05) is 71.0 Å². The molecule has 2 aromatic heterocycles.